The summed E-state index contributed by atoms with van der Waals surface area (Å²) in [6.07, 6.45) is 6.91. The lowest BCUT2D eigenvalue weighted by atomic mass is 10.2. The van der Waals surface area contributed by atoms with E-state index >= 15 is 0 Å². The highest BCUT2D eigenvalue weighted by Gasteiger charge is 2.11. The number of imidazole rings is 1. The molecule has 112 valence electrons. The van der Waals surface area contributed by atoms with E-state index in [0.29, 0.717) is 12.2 Å². The zero-order chi connectivity index (χ0) is 15.5. The van der Waals surface area contributed by atoms with Crippen LogP contribution in [0.15, 0.2) is 43.1 Å². The first-order valence-corrected chi connectivity index (χ1v) is 6.85. The summed E-state index contributed by atoms with van der Waals surface area (Å²) in [6, 6.07) is 5.55. The Morgan fingerprint density at radius 2 is 2.18 bits per heavy atom. The summed E-state index contributed by atoms with van der Waals surface area (Å²) in [4.78, 5) is 20.4. The van der Waals surface area contributed by atoms with Crippen LogP contribution in [0.3, 0.4) is 0 Å². The summed E-state index contributed by atoms with van der Waals surface area (Å²) < 4.78 is 3.39. The summed E-state index contributed by atoms with van der Waals surface area (Å²) >= 11 is 0. The van der Waals surface area contributed by atoms with Crippen molar-refractivity contribution < 1.29 is 4.79 Å². The number of rotatable bonds is 4. The number of pyridine rings is 1. The normalized spacial score (nSPS) is 10.6. The van der Waals surface area contributed by atoms with E-state index in [1.807, 2.05) is 29.8 Å². The molecule has 0 atom stereocenters. The van der Waals surface area contributed by atoms with E-state index in [-0.39, 0.29) is 5.91 Å². The molecule has 3 aromatic rings. The van der Waals surface area contributed by atoms with Crippen molar-refractivity contribution in [2.75, 3.05) is 0 Å². The minimum Gasteiger partial charge on any atom is -0.347 e. The van der Waals surface area contributed by atoms with Crippen LogP contribution in [0.4, 0.5) is 0 Å². The first kappa shape index (κ1) is 14.0. The molecule has 0 aliphatic heterocycles. The number of carbonyl (C=O) groups is 1. The van der Waals surface area contributed by atoms with Gasteiger partial charge in [0.2, 0.25) is 0 Å². The minimum atomic E-state index is -0.149. The van der Waals surface area contributed by atoms with Crippen LogP contribution in [0, 0.1) is 6.92 Å². The third kappa shape index (κ3) is 2.88. The molecule has 22 heavy (non-hydrogen) atoms. The third-order valence-corrected chi connectivity index (χ3v) is 3.27. The monoisotopic (exact) mass is 296 g/mol. The average Bonchev–Trinajstić information content (AvgIpc) is 3.15. The minimum absolute atomic E-state index is 0.149. The van der Waals surface area contributed by atoms with Crippen molar-refractivity contribution >= 4 is 5.91 Å². The highest BCUT2D eigenvalue weighted by atomic mass is 16.2. The van der Waals surface area contributed by atoms with Crippen LogP contribution in [-0.2, 0) is 13.6 Å². The van der Waals surface area contributed by atoms with E-state index in [1.54, 1.807) is 36.5 Å². The summed E-state index contributed by atoms with van der Waals surface area (Å²) in [5.41, 5.74) is 2.33. The largest absolute Gasteiger partial charge is 0.347 e. The van der Waals surface area contributed by atoms with Gasteiger partial charge in [0.1, 0.15) is 17.8 Å². The predicted molar refractivity (Wildman–Crippen MR) is 80.5 cm³/mol. The fraction of sp³-hybridized carbons (Fsp3) is 0.200. The van der Waals surface area contributed by atoms with Gasteiger partial charge in [-0.15, -0.1) is 0 Å². The molecule has 7 nitrogen and oxygen atoms in total. The molecule has 3 aromatic heterocycles. The van der Waals surface area contributed by atoms with Crippen molar-refractivity contribution in [3.8, 4) is 5.82 Å². The number of aromatic nitrogens is 5. The molecular weight excluding hydrogens is 280 g/mol. The quantitative estimate of drug-likeness (QED) is 0.785. The van der Waals surface area contributed by atoms with Gasteiger partial charge in [0.05, 0.1) is 5.69 Å². The molecule has 3 rings (SSSR count). The molecule has 0 fully saturated rings. The van der Waals surface area contributed by atoms with Gasteiger partial charge in [-0.3, -0.25) is 14.0 Å². The number of aryl methyl sites for hydroxylation is 2. The SMILES string of the molecule is Cc1cc(C(=O)NCc2ccnc(-n3ccnc3)c2)n(C)n1. The molecule has 0 radical (unpaired) electrons. The summed E-state index contributed by atoms with van der Waals surface area (Å²) in [7, 11) is 1.76. The van der Waals surface area contributed by atoms with Crippen LogP contribution < -0.4 is 5.32 Å². The van der Waals surface area contributed by atoms with Crippen molar-refractivity contribution in [1.82, 2.24) is 29.6 Å². The number of hydrogen-bond acceptors (Lipinski definition) is 4. The second kappa shape index (κ2) is 5.80. The third-order valence-electron chi connectivity index (χ3n) is 3.27. The number of nitrogens with zero attached hydrogens (tertiary/aromatic N) is 5. The van der Waals surface area contributed by atoms with Crippen LogP contribution in [0.5, 0.6) is 0 Å². The lowest BCUT2D eigenvalue weighted by Crippen LogP contribution is -2.25. The first-order valence-electron chi connectivity index (χ1n) is 6.85. The van der Waals surface area contributed by atoms with E-state index < -0.39 is 0 Å². The van der Waals surface area contributed by atoms with Gasteiger partial charge in [0, 0.05) is 32.2 Å². The summed E-state index contributed by atoms with van der Waals surface area (Å²) in [5.74, 6) is 0.615. The summed E-state index contributed by atoms with van der Waals surface area (Å²) in [6.45, 7) is 2.28. The zero-order valence-corrected chi connectivity index (χ0v) is 12.4. The molecule has 0 spiro atoms. The standard InChI is InChI=1S/C15H16N6O/c1-11-7-13(20(2)19-11)15(22)18-9-12-3-4-17-14(8-12)21-6-5-16-10-21/h3-8,10H,9H2,1-2H3,(H,18,22). The molecule has 0 aromatic carbocycles. The van der Waals surface area contributed by atoms with Crippen molar-refractivity contribution in [2.24, 2.45) is 7.05 Å². The highest BCUT2D eigenvalue weighted by Crippen LogP contribution is 2.07. The molecule has 0 aliphatic carbocycles. The topological polar surface area (TPSA) is 77.6 Å². The lowest BCUT2D eigenvalue weighted by Gasteiger charge is -2.07. The van der Waals surface area contributed by atoms with Gasteiger partial charge < -0.3 is 5.32 Å². The molecular formula is C15H16N6O. The van der Waals surface area contributed by atoms with Gasteiger partial charge in [0.15, 0.2) is 0 Å². The van der Waals surface area contributed by atoms with Crippen LogP contribution in [0.2, 0.25) is 0 Å². The Balaban J connectivity index is 1.70. The van der Waals surface area contributed by atoms with E-state index in [4.69, 9.17) is 0 Å². The van der Waals surface area contributed by atoms with Crippen molar-refractivity contribution in [2.45, 2.75) is 13.5 Å². The van der Waals surface area contributed by atoms with Crippen LogP contribution in [-0.4, -0.2) is 30.2 Å². The molecule has 0 saturated heterocycles. The van der Waals surface area contributed by atoms with Gasteiger partial charge >= 0.3 is 0 Å². The Bertz CT molecular complexity index is 790. The van der Waals surface area contributed by atoms with Crippen LogP contribution in [0.1, 0.15) is 21.7 Å². The average molecular weight is 296 g/mol. The highest BCUT2D eigenvalue weighted by molar-refractivity contribution is 5.92. The number of amides is 1. The Labute approximate surface area is 127 Å². The Morgan fingerprint density at radius 3 is 2.86 bits per heavy atom. The molecule has 0 saturated carbocycles. The fourth-order valence-electron chi connectivity index (χ4n) is 2.20. The molecule has 0 unspecified atom stereocenters. The maximum atomic E-state index is 12.2. The molecule has 7 heteroatoms. The molecule has 1 amide bonds. The van der Waals surface area contributed by atoms with E-state index in [2.05, 4.69) is 20.4 Å². The smallest absolute Gasteiger partial charge is 0.269 e. The molecule has 0 bridgehead atoms. The van der Waals surface area contributed by atoms with Crippen molar-refractivity contribution in [1.29, 1.82) is 0 Å². The molecule has 1 N–H and O–H groups in total. The number of hydrogen-bond donors (Lipinski definition) is 1. The van der Waals surface area contributed by atoms with Gasteiger partial charge in [0.25, 0.3) is 5.91 Å². The second-order valence-electron chi connectivity index (χ2n) is 4.97. The molecule has 0 aliphatic rings. The molecule has 3 heterocycles. The predicted octanol–water partition coefficient (Wildman–Crippen LogP) is 1.24. The van der Waals surface area contributed by atoms with E-state index in [9.17, 15) is 4.79 Å². The van der Waals surface area contributed by atoms with Gasteiger partial charge in [-0.05, 0) is 30.7 Å². The van der Waals surface area contributed by atoms with Crippen LogP contribution >= 0.6 is 0 Å². The number of nitrogens with one attached hydrogen (secondary N) is 1. The zero-order valence-electron chi connectivity index (χ0n) is 12.4. The Kier molecular flexibility index (Phi) is 3.69. The van der Waals surface area contributed by atoms with Gasteiger partial charge in [-0.2, -0.15) is 5.10 Å². The van der Waals surface area contributed by atoms with Crippen molar-refractivity contribution in [3.05, 3.63) is 60.1 Å². The number of carbonyl (C=O) groups excluding carboxylic acids is 1. The fourth-order valence-corrected chi connectivity index (χ4v) is 2.20. The first-order chi connectivity index (χ1) is 10.6. The summed E-state index contributed by atoms with van der Waals surface area (Å²) in [5, 5.41) is 7.06. The van der Waals surface area contributed by atoms with Gasteiger partial charge in [-0.1, -0.05) is 0 Å². The van der Waals surface area contributed by atoms with E-state index in [0.717, 1.165) is 17.1 Å². The maximum Gasteiger partial charge on any atom is 0.269 e. The Hall–Kier alpha value is -2.96. The second-order valence-corrected chi connectivity index (χ2v) is 4.97. The lowest BCUT2D eigenvalue weighted by molar-refractivity contribution is 0.0941. The van der Waals surface area contributed by atoms with E-state index in [1.165, 1.54) is 0 Å². The van der Waals surface area contributed by atoms with Crippen LogP contribution in [0.25, 0.3) is 5.82 Å². The van der Waals surface area contributed by atoms with Crippen molar-refractivity contribution in [3.63, 3.8) is 0 Å². The maximum absolute atomic E-state index is 12.2. The Morgan fingerprint density at radius 1 is 1.32 bits per heavy atom. The van der Waals surface area contributed by atoms with Gasteiger partial charge in [-0.25, -0.2) is 9.97 Å².